The van der Waals surface area contributed by atoms with E-state index in [4.69, 9.17) is 9.47 Å². The zero-order valence-electron chi connectivity index (χ0n) is 15.5. The summed E-state index contributed by atoms with van der Waals surface area (Å²) in [6, 6.07) is 0.725. The van der Waals surface area contributed by atoms with Crippen molar-refractivity contribution in [2.45, 2.75) is 31.5 Å². The minimum Gasteiger partial charge on any atom is -0.379 e. The number of guanidine groups is 1. The van der Waals surface area contributed by atoms with Gasteiger partial charge in [-0.15, -0.1) is 24.0 Å². The summed E-state index contributed by atoms with van der Waals surface area (Å²) in [6.07, 6.45) is 1.25. The van der Waals surface area contributed by atoms with Crippen LogP contribution in [0.25, 0.3) is 0 Å². The van der Waals surface area contributed by atoms with Crippen LogP contribution in [0.2, 0.25) is 0 Å². The fourth-order valence-corrected chi connectivity index (χ4v) is 2.93. The summed E-state index contributed by atoms with van der Waals surface area (Å²) in [5.41, 5.74) is 0. The number of hydrogen-bond acceptors (Lipinski definition) is 5. The lowest BCUT2D eigenvalue weighted by Crippen LogP contribution is -2.56. The minimum atomic E-state index is 0. The van der Waals surface area contributed by atoms with Crippen molar-refractivity contribution in [3.05, 3.63) is 0 Å². The lowest BCUT2D eigenvalue weighted by Gasteiger charge is -2.38. The van der Waals surface area contributed by atoms with Gasteiger partial charge in [-0.25, -0.2) is 0 Å². The monoisotopic (exact) mass is 455 g/mol. The lowest BCUT2D eigenvalue weighted by molar-refractivity contribution is 0.0347. The van der Waals surface area contributed by atoms with Gasteiger partial charge in [-0.05, 0) is 27.4 Å². The highest BCUT2D eigenvalue weighted by atomic mass is 127. The Kier molecular flexibility index (Phi) is 10.4. The lowest BCUT2D eigenvalue weighted by atomic mass is 10.2. The molecular formula is C16H34IN5O2. The molecule has 2 fully saturated rings. The minimum absolute atomic E-state index is 0. The number of rotatable bonds is 6. The standard InChI is InChI=1S/C16H33N5O2.HI/c1-13(11-23-15-5-8-22-12-15)19-16(17-2)18-9-14-10-20(3)6-7-21(14)4;/h13-15H,5-12H2,1-4H3,(H2,17,18,19);1H. The second kappa shape index (κ2) is 11.5. The topological polar surface area (TPSA) is 61.4 Å². The number of nitrogens with zero attached hydrogens (tertiary/aromatic N) is 3. The Balaban J connectivity index is 0.00000288. The first-order chi connectivity index (χ1) is 11.1. The first-order valence-electron chi connectivity index (χ1n) is 8.63. The number of hydrogen-bond donors (Lipinski definition) is 2. The summed E-state index contributed by atoms with van der Waals surface area (Å²) in [4.78, 5) is 9.11. The molecule has 0 aromatic rings. The highest BCUT2D eigenvalue weighted by Crippen LogP contribution is 2.08. The smallest absolute Gasteiger partial charge is 0.191 e. The van der Waals surface area contributed by atoms with E-state index in [-0.39, 0.29) is 36.1 Å². The van der Waals surface area contributed by atoms with Crippen LogP contribution < -0.4 is 10.6 Å². The van der Waals surface area contributed by atoms with Gasteiger partial charge in [0.05, 0.1) is 19.3 Å². The van der Waals surface area contributed by atoms with Crippen LogP contribution in [-0.4, -0.2) is 101 Å². The van der Waals surface area contributed by atoms with Gasteiger partial charge in [-0.3, -0.25) is 9.89 Å². The number of piperazine rings is 1. The molecular weight excluding hydrogens is 421 g/mol. The van der Waals surface area contributed by atoms with Crippen LogP contribution in [0.15, 0.2) is 4.99 Å². The van der Waals surface area contributed by atoms with Crippen molar-refractivity contribution in [3.8, 4) is 0 Å². The number of nitrogens with one attached hydrogen (secondary N) is 2. The van der Waals surface area contributed by atoms with E-state index in [1.807, 2.05) is 7.05 Å². The van der Waals surface area contributed by atoms with Gasteiger partial charge in [0, 0.05) is 51.9 Å². The first kappa shape index (κ1) is 21.9. The maximum absolute atomic E-state index is 5.85. The van der Waals surface area contributed by atoms with Gasteiger partial charge in [-0.2, -0.15) is 0 Å². The van der Waals surface area contributed by atoms with E-state index in [0.29, 0.717) is 12.6 Å². The third-order valence-electron chi connectivity index (χ3n) is 4.56. The molecule has 7 nitrogen and oxygen atoms in total. The van der Waals surface area contributed by atoms with Crippen molar-refractivity contribution in [1.29, 1.82) is 0 Å². The number of halogens is 1. The molecule has 2 rings (SSSR count). The van der Waals surface area contributed by atoms with Crippen LogP contribution in [0, 0.1) is 0 Å². The molecule has 2 saturated heterocycles. The summed E-state index contributed by atoms with van der Waals surface area (Å²) in [7, 11) is 6.18. The molecule has 8 heteroatoms. The molecule has 0 amide bonds. The van der Waals surface area contributed by atoms with Crippen LogP contribution in [0.1, 0.15) is 13.3 Å². The molecule has 3 unspecified atom stereocenters. The van der Waals surface area contributed by atoms with Gasteiger partial charge in [0.1, 0.15) is 0 Å². The molecule has 2 heterocycles. The van der Waals surface area contributed by atoms with Crippen LogP contribution in [0.4, 0.5) is 0 Å². The molecule has 0 aromatic carbocycles. The fourth-order valence-electron chi connectivity index (χ4n) is 2.93. The Hall–Kier alpha value is -0.160. The number of likely N-dealkylation sites (N-methyl/N-ethyl adjacent to an activating group) is 2. The maximum Gasteiger partial charge on any atom is 0.191 e. The zero-order valence-corrected chi connectivity index (χ0v) is 17.8. The highest BCUT2D eigenvalue weighted by molar-refractivity contribution is 14.0. The highest BCUT2D eigenvalue weighted by Gasteiger charge is 2.22. The van der Waals surface area contributed by atoms with Gasteiger partial charge in [0.15, 0.2) is 5.96 Å². The summed E-state index contributed by atoms with van der Waals surface area (Å²) in [5, 5.41) is 6.84. The third-order valence-corrected chi connectivity index (χ3v) is 4.56. The van der Waals surface area contributed by atoms with Crippen molar-refractivity contribution in [2.24, 2.45) is 4.99 Å². The van der Waals surface area contributed by atoms with E-state index in [9.17, 15) is 0 Å². The summed E-state index contributed by atoms with van der Waals surface area (Å²) >= 11 is 0. The number of aliphatic imine (C=N–C) groups is 1. The first-order valence-corrected chi connectivity index (χ1v) is 8.63. The van der Waals surface area contributed by atoms with Crippen molar-refractivity contribution >= 4 is 29.9 Å². The second-order valence-corrected chi connectivity index (χ2v) is 6.71. The van der Waals surface area contributed by atoms with Gasteiger partial charge >= 0.3 is 0 Å². The van der Waals surface area contributed by atoms with Crippen LogP contribution >= 0.6 is 24.0 Å². The van der Waals surface area contributed by atoms with Gasteiger partial charge in [0.25, 0.3) is 0 Å². The molecule has 3 atom stereocenters. The average Bonchev–Trinajstić information content (AvgIpc) is 3.05. The average molecular weight is 455 g/mol. The van der Waals surface area contributed by atoms with E-state index >= 15 is 0 Å². The Labute approximate surface area is 163 Å². The van der Waals surface area contributed by atoms with Gasteiger partial charge in [0.2, 0.25) is 0 Å². The Bertz CT molecular complexity index is 379. The van der Waals surface area contributed by atoms with Crippen LogP contribution in [0.5, 0.6) is 0 Å². The van der Waals surface area contributed by atoms with E-state index in [1.54, 1.807) is 0 Å². The van der Waals surface area contributed by atoms with Crippen molar-refractivity contribution in [2.75, 3.05) is 67.1 Å². The van der Waals surface area contributed by atoms with Crippen molar-refractivity contribution < 1.29 is 9.47 Å². The largest absolute Gasteiger partial charge is 0.379 e. The molecule has 24 heavy (non-hydrogen) atoms. The zero-order chi connectivity index (χ0) is 16.7. The Morgan fingerprint density at radius 1 is 1.38 bits per heavy atom. The molecule has 2 aliphatic rings. The van der Waals surface area contributed by atoms with Crippen LogP contribution in [-0.2, 0) is 9.47 Å². The molecule has 2 N–H and O–H groups in total. The summed E-state index contributed by atoms with van der Waals surface area (Å²) in [5.74, 6) is 0.838. The van der Waals surface area contributed by atoms with E-state index < -0.39 is 0 Å². The van der Waals surface area contributed by atoms with Gasteiger partial charge < -0.3 is 25.0 Å². The molecule has 2 aliphatic heterocycles. The molecule has 0 aromatic heterocycles. The molecule has 0 bridgehead atoms. The van der Waals surface area contributed by atoms with Crippen molar-refractivity contribution in [3.63, 3.8) is 0 Å². The predicted molar refractivity (Wildman–Crippen MR) is 108 cm³/mol. The van der Waals surface area contributed by atoms with Crippen LogP contribution in [0.3, 0.4) is 0 Å². The summed E-state index contributed by atoms with van der Waals surface area (Å²) in [6.45, 7) is 8.55. The second-order valence-electron chi connectivity index (χ2n) is 6.71. The SMILES string of the molecule is CN=C(NCC1CN(C)CCN1C)NC(C)COC1CCOC1.I. The molecule has 0 saturated carbocycles. The van der Waals surface area contributed by atoms with Crippen molar-refractivity contribution in [1.82, 2.24) is 20.4 Å². The van der Waals surface area contributed by atoms with Gasteiger partial charge in [-0.1, -0.05) is 0 Å². The Morgan fingerprint density at radius 2 is 2.17 bits per heavy atom. The molecule has 0 radical (unpaired) electrons. The van der Waals surface area contributed by atoms with E-state index in [0.717, 1.165) is 51.8 Å². The molecule has 0 spiro atoms. The van der Waals surface area contributed by atoms with E-state index in [2.05, 4.69) is 46.4 Å². The van der Waals surface area contributed by atoms with E-state index in [1.165, 1.54) is 0 Å². The fraction of sp³-hybridized carbons (Fsp3) is 0.938. The Morgan fingerprint density at radius 3 is 2.83 bits per heavy atom. The number of ether oxygens (including phenoxy) is 2. The molecule has 0 aliphatic carbocycles. The third kappa shape index (κ3) is 7.38. The predicted octanol–water partition coefficient (Wildman–Crippen LogP) is 0.209. The maximum atomic E-state index is 5.85. The summed E-state index contributed by atoms with van der Waals surface area (Å²) < 4.78 is 11.2. The quantitative estimate of drug-likeness (QED) is 0.339. The normalized spacial score (nSPS) is 27.6. The molecule has 142 valence electrons.